The number of carbonyl (C=O) groups is 1. The van der Waals surface area contributed by atoms with Crippen molar-refractivity contribution in [2.45, 2.75) is 45.6 Å². The first-order chi connectivity index (χ1) is 8.88. The summed E-state index contributed by atoms with van der Waals surface area (Å²) in [6, 6.07) is 0. The fourth-order valence-corrected chi connectivity index (χ4v) is 3.20. The Kier molecular flexibility index (Phi) is 4.51. The van der Waals surface area contributed by atoms with Crippen molar-refractivity contribution in [3.8, 4) is 0 Å². The van der Waals surface area contributed by atoms with Gasteiger partial charge < -0.3 is 14.9 Å². The highest BCUT2D eigenvalue weighted by atomic mass is 16.3. The van der Waals surface area contributed by atoms with E-state index in [2.05, 4.69) is 11.9 Å². The lowest BCUT2D eigenvalue weighted by Gasteiger charge is -2.42. The third-order valence-corrected chi connectivity index (χ3v) is 4.83. The van der Waals surface area contributed by atoms with Crippen LogP contribution in [0.15, 0.2) is 0 Å². The number of nitrogens with zero attached hydrogens (tertiary/aromatic N) is 2. The molecular weight excluding hydrogens is 240 g/mol. The first kappa shape index (κ1) is 14.8. The Morgan fingerprint density at radius 1 is 1.21 bits per heavy atom. The Morgan fingerprint density at radius 2 is 1.84 bits per heavy atom. The van der Waals surface area contributed by atoms with Crippen molar-refractivity contribution >= 4 is 5.91 Å². The molecule has 4 nitrogen and oxygen atoms in total. The standard InChI is InChI=1S/C15H28N2O2/c1-15(2)11-17(9-6-13(15)18)14(19)10-12-4-7-16(3)8-5-12/h12-13,18H,4-11H2,1-3H3. The summed E-state index contributed by atoms with van der Waals surface area (Å²) >= 11 is 0. The van der Waals surface area contributed by atoms with E-state index in [0.29, 0.717) is 25.3 Å². The molecule has 1 amide bonds. The smallest absolute Gasteiger partial charge is 0.222 e. The van der Waals surface area contributed by atoms with Gasteiger partial charge in [0.15, 0.2) is 0 Å². The summed E-state index contributed by atoms with van der Waals surface area (Å²) < 4.78 is 0. The highest BCUT2D eigenvalue weighted by molar-refractivity contribution is 5.76. The van der Waals surface area contributed by atoms with Crippen LogP contribution in [0.3, 0.4) is 0 Å². The number of aliphatic hydroxyl groups is 1. The molecule has 2 aliphatic rings. The minimum atomic E-state index is -0.278. The van der Waals surface area contributed by atoms with Crippen LogP contribution in [0.2, 0.25) is 0 Å². The van der Waals surface area contributed by atoms with Gasteiger partial charge >= 0.3 is 0 Å². The SMILES string of the molecule is CN1CCC(CC(=O)N2CCC(O)C(C)(C)C2)CC1. The third kappa shape index (κ3) is 3.69. The predicted molar refractivity (Wildman–Crippen MR) is 75.8 cm³/mol. The van der Waals surface area contributed by atoms with Crippen LogP contribution >= 0.6 is 0 Å². The van der Waals surface area contributed by atoms with Crippen LogP contribution < -0.4 is 0 Å². The number of carbonyl (C=O) groups excluding carboxylic acids is 1. The monoisotopic (exact) mass is 268 g/mol. The zero-order valence-electron chi connectivity index (χ0n) is 12.6. The van der Waals surface area contributed by atoms with Gasteiger partial charge in [-0.25, -0.2) is 0 Å². The topological polar surface area (TPSA) is 43.8 Å². The van der Waals surface area contributed by atoms with Gasteiger partial charge in [-0.15, -0.1) is 0 Å². The Hall–Kier alpha value is -0.610. The lowest BCUT2D eigenvalue weighted by molar-refractivity contribution is -0.139. The molecule has 0 saturated carbocycles. The number of piperidine rings is 2. The summed E-state index contributed by atoms with van der Waals surface area (Å²) in [4.78, 5) is 16.7. The highest BCUT2D eigenvalue weighted by Gasteiger charge is 2.36. The fourth-order valence-electron chi connectivity index (χ4n) is 3.20. The van der Waals surface area contributed by atoms with Crippen molar-refractivity contribution in [3.63, 3.8) is 0 Å². The third-order valence-electron chi connectivity index (χ3n) is 4.83. The molecule has 1 atom stereocenters. The number of hydrogen-bond acceptors (Lipinski definition) is 3. The van der Waals surface area contributed by atoms with E-state index < -0.39 is 0 Å². The van der Waals surface area contributed by atoms with Crippen LogP contribution in [0.4, 0.5) is 0 Å². The Balaban J connectivity index is 1.83. The predicted octanol–water partition coefficient (Wildman–Crippen LogP) is 1.34. The van der Waals surface area contributed by atoms with Crippen molar-refractivity contribution in [1.29, 1.82) is 0 Å². The molecule has 110 valence electrons. The van der Waals surface area contributed by atoms with Gasteiger partial charge in [-0.2, -0.15) is 0 Å². The van der Waals surface area contributed by atoms with Crippen molar-refractivity contribution < 1.29 is 9.90 Å². The van der Waals surface area contributed by atoms with Crippen molar-refractivity contribution in [2.24, 2.45) is 11.3 Å². The summed E-state index contributed by atoms with van der Waals surface area (Å²) in [7, 11) is 2.15. The number of likely N-dealkylation sites (tertiary alicyclic amines) is 2. The van der Waals surface area contributed by atoms with E-state index in [1.165, 1.54) is 0 Å². The molecule has 19 heavy (non-hydrogen) atoms. The Bertz CT molecular complexity index is 322. The van der Waals surface area contributed by atoms with Crippen LogP contribution in [0, 0.1) is 11.3 Å². The quantitative estimate of drug-likeness (QED) is 0.822. The molecule has 0 aliphatic carbocycles. The van der Waals surface area contributed by atoms with Crippen molar-refractivity contribution in [3.05, 3.63) is 0 Å². The molecule has 2 fully saturated rings. The second-order valence-corrected chi connectivity index (χ2v) is 7.06. The minimum Gasteiger partial charge on any atom is -0.392 e. The average molecular weight is 268 g/mol. The van der Waals surface area contributed by atoms with Crippen LogP contribution in [0.1, 0.15) is 39.5 Å². The van der Waals surface area contributed by atoms with Crippen molar-refractivity contribution in [2.75, 3.05) is 33.2 Å². The number of amides is 1. The summed E-state index contributed by atoms with van der Waals surface area (Å²) in [6.07, 6.45) is 3.41. The zero-order chi connectivity index (χ0) is 14.0. The molecule has 0 radical (unpaired) electrons. The van der Waals surface area contributed by atoms with E-state index in [1.54, 1.807) is 0 Å². The van der Waals surface area contributed by atoms with Gasteiger partial charge in [0.1, 0.15) is 0 Å². The molecule has 1 unspecified atom stereocenters. The highest BCUT2D eigenvalue weighted by Crippen LogP contribution is 2.30. The van der Waals surface area contributed by atoms with Crippen LogP contribution in [-0.4, -0.2) is 60.1 Å². The number of hydrogen-bond donors (Lipinski definition) is 1. The van der Waals surface area contributed by atoms with E-state index in [1.807, 2.05) is 18.7 Å². The van der Waals surface area contributed by atoms with Crippen LogP contribution in [0.5, 0.6) is 0 Å². The lowest BCUT2D eigenvalue weighted by atomic mass is 9.81. The van der Waals surface area contributed by atoms with E-state index >= 15 is 0 Å². The summed E-state index contributed by atoms with van der Waals surface area (Å²) in [5.74, 6) is 0.841. The first-order valence-electron chi connectivity index (χ1n) is 7.53. The molecule has 2 rings (SSSR count). The van der Waals surface area contributed by atoms with Gasteiger partial charge in [-0.1, -0.05) is 13.8 Å². The first-order valence-corrected chi connectivity index (χ1v) is 7.53. The van der Waals surface area contributed by atoms with Gasteiger partial charge in [0, 0.05) is 24.9 Å². The number of aliphatic hydroxyl groups excluding tert-OH is 1. The van der Waals surface area contributed by atoms with E-state index in [-0.39, 0.29) is 17.4 Å². The Labute approximate surface area is 116 Å². The maximum atomic E-state index is 12.4. The van der Waals surface area contributed by atoms with Crippen LogP contribution in [-0.2, 0) is 4.79 Å². The van der Waals surface area contributed by atoms with E-state index in [9.17, 15) is 9.90 Å². The second kappa shape index (κ2) is 5.80. The zero-order valence-corrected chi connectivity index (χ0v) is 12.6. The summed E-state index contributed by atoms with van der Waals surface area (Å²) in [5, 5.41) is 9.94. The molecule has 2 heterocycles. The van der Waals surface area contributed by atoms with Gasteiger partial charge in [0.2, 0.25) is 5.91 Å². The fraction of sp³-hybridized carbons (Fsp3) is 0.933. The molecule has 0 spiro atoms. The molecular formula is C15H28N2O2. The van der Waals surface area contributed by atoms with E-state index in [0.717, 1.165) is 32.5 Å². The summed E-state index contributed by atoms with van der Waals surface area (Å²) in [5.41, 5.74) is -0.166. The van der Waals surface area contributed by atoms with Gasteiger partial charge in [-0.05, 0) is 45.3 Å². The average Bonchev–Trinajstić information content (AvgIpc) is 2.35. The van der Waals surface area contributed by atoms with Crippen LogP contribution in [0.25, 0.3) is 0 Å². The maximum Gasteiger partial charge on any atom is 0.222 e. The molecule has 0 aromatic heterocycles. The van der Waals surface area contributed by atoms with Gasteiger partial charge in [0.25, 0.3) is 0 Å². The molecule has 4 heteroatoms. The maximum absolute atomic E-state index is 12.4. The summed E-state index contributed by atoms with van der Waals surface area (Å²) in [6.45, 7) is 7.74. The Morgan fingerprint density at radius 3 is 2.42 bits per heavy atom. The number of rotatable bonds is 2. The molecule has 0 aromatic carbocycles. The normalized spacial score (nSPS) is 29.5. The molecule has 0 bridgehead atoms. The lowest BCUT2D eigenvalue weighted by Crippen LogP contribution is -2.51. The second-order valence-electron chi connectivity index (χ2n) is 7.06. The van der Waals surface area contributed by atoms with Crippen molar-refractivity contribution in [1.82, 2.24) is 9.80 Å². The molecule has 2 aliphatic heterocycles. The minimum absolute atomic E-state index is 0.166. The van der Waals surface area contributed by atoms with E-state index in [4.69, 9.17) is 0 Å². The van der Waals surface area contributed by atoms with Gasteiger partial charge in [0.05, 0.1) is 6.10 Å². The molecule has 1 N–H and O–H groups in total. The van der Waals surface area contributed by atoms with Gasteiger partial charge in [-0.3, -0.25) is 4.79 Å². The molecule has 2 saturated heterocycles. The molecule has 0 aromatic rings. The largest absolute Gasteiger partial charge is 0.392 e.